The Hall–Kier alpha value is -2.29. The first-order chi connectivity index (χ1) is 13.4. The summed E-state index contributed by atoms with van der Waals surface area (Å²) in [5.74, 6) is 1.65. The maximum atomic E-state index is 12.8. The van der Waals surface area contributed by atoms with Crippen molar-refractivity contribution in [2.24, 2.45) is 0 Å². The number of hydrogen-bond donors (Lipinski definition) is 2. The van der Waals surface area contributed by atoms with Crippen molar-refractivity contribution in [3.05, 3.63) is 47.5 Å². The standard InChI is InChI=1S/C20H23NO6S/c1-25-15-4-6-17-14(11-15)3-2-8-20(17,22)13-21-28(23,24)16-5-7-18-19(12-16)27-10-9-26-18/h4-7,11-12,21-22H,2-3,8-10,13H2,1H3. The fourth-order valence-corrected chi connectivity index (χ4v) is 4.84. The zero-order chi connectivity index (χ0) is 19.8. The Morgan fingerprint density at radius 3 is 2.71 bits per heavy atom. The molecule has 0 amide bonds. The average molecular weight is 405 g/mol. The normalized spacial score (nSPS) is 21.1. The van der Waals surface area contributed by atoms with Crippen molar-refractivity contribution in [1.29, 1.82) is 0 Å². The lowest BCUT2D eigenvalue weighted by Crippen LogP contribution is -2.43. The SMILES string of the molecule is COc1ccc2c(c1)CCCC2(O)CNS(=O)(=O)c1ccc2c(c1)OCCO2. The average Bonchev–Trinajstić information content (AvgIpc) is 2.72. The van der Waals surface area contributed by atoms with Gasteiger partial charge in [-0.05, 0) is 54.7 Å². The molecule has 1 heterocycles. The van der Waals surface area contributed by atoms with E-state index in [1.165, 1.54) is 12.1 Å². The van der Waals surface area contributed by atoms with Crippen molar-refractivity contribution in [3.8, 4) is 17.2 Å². The smallest absolute Gasteiger partial charge is 0.240 e. The molecule has 0 fully saturated rings. The predicted octanol–water partition coefficient (Wildman–Crippen LogP) is 1.97. The lowest BCUT2D eigenvalue weighted by Gasteiger charge is -2.34. The first kappa shape index (κ1) is 19.0. The van der Waals surface area contributed by atoms with Crippen molar-refractivity contribution in [1.82, 2.24) is 4.72 Å². The zero-order valence-corrected chi connectivity index (χ0v) is 16.4. The van der Waals surface area contributed by atoms with Gasteiger partial charge in [-0.3, -0.25) is 0 Å². The zero-order valence-electron chi connectivity index (χ0n) is 15.6. The Labute approximate surface area is 164 Å². The van der Waals surface area contributed by atoms with Crippen LogP contribution in [0, 0.1) is 0 Å². The van der Waals surface area contributed by atoms with Gasteiger partial charge in [-0.2, -0.15) is 0 Å². The first-order valence-electron chi connectivity index (χ1n) is 9.20. The minimum absolute atomic E-state index is 0.0751. The summed E-state index contributed by atoms with van der Waals surface area (Å²) in [6.45, 7) is 0.710. The van der Waals surface area contributed by atoms with Gasteiger partial charge in [-0.25, -0.2) is 13.1 Å². The highest BCUT2D eigenvalue weighted by Gasteiger charge is 2.36. The number of sulfonamides is 1. The number of methoxy groups -OCH3 is 1. The van der Waals surface area contributed by atoms with Crippen LogP contribution in [0.3, 0.4) is 0 Å². The summed E-state index contributed by atoms with van der Waals surface area (Å²) >= 11 is 0. The topological polar surface area (TPSA) is 94.1 Å². The number of aliphatic hydroxyl groups is 1. The van der Waals surface area contributed by atoms with E-state index < -0.39 is 15.6 Å². The molecule has 8 heteroatoms. The van der Waals surface area contributed by atoms with E-state index in [-0.39, 0.29) is 11.4 Å². The molecule has 0 radical (unpaired) electrons. The second-order valence-corrected chi connectivity index (χ2v) is 8.81. The van der Waals surface area contributed by atoms with E-state index in [1.807, 2.05) is 12.1 Å². The van der Waals surface area contributed by atoms with Crippen molar-refractivity contribution >= 4 is 10.0 Å². The minimum Gasteiger partial charge on any atom is -0.497 e. The molecule has 4 rings (SSSR count). The summed E-state index contributed by atoms with van der Waals surface area (Å²) in [4.78, 5) is 0.0751. The Bertz CT molecular complexity index is 990. The summed E-state index contributed by atoms with van der Waals surface area (Å²) in [6, 6.07) is 9.99. The van der Waals surface area contributed by atoms with Crippen molar-refractivity contribution in [2.45, 2.75) is 29.8 Å². The number of aryl methyl sites for hydroxylation is 1. The van der Waals surface area contributed by atoms with E-state index in [0.717, 1.165) is 29.7 Å². The van der Waals surface area contributed by atoms with Crippen LogP contribution in [-0.2, 0) is 22.0 Å². The quantitative estimate of drug-likeness (QED) is 0.790. The van der Waals surface area contributed by atoms with Gasteiger partial charge < -0.3 is 19.3 Å². The van der Waals surface area contributed by atoms with Crippen LogP contribution >= 0.6 is 0 Å². The Morgan fingerprint density at radius 2 is 1.93 bits per heavy atom. The van der Waals surface area contributed by atoms with E-state index in [4.69, 9.17) is 14.2 Å². The van der Waals surface area contributed by atoms with E-state index in [1.54, 1.807) is 19.2 Å². The monoisotopic (exact) mass is 405 g/mol. The highest BCUT2D eigenvalue weighted by molar-refractivity contribution is 7.89. The third-order valence-corrected chi connectivity index (χ3v) is 6.63. The molecule has 0 saturated heterocycles. The number of benzene rings is 2. The van der Waals surface area contributed by atoms with Crippen LogP contribution in [0.5, 0.6) is 17.2 Å². The first-order valence-corrected chi connectivity index (χ1v) is 10.7. The van der Waals surface area contributed by atoms with E-state index in [2.05, 4.69) is 4.72 Å². The van der Waals surface area contributed by atoms with Crippen molar-refractivity contribution in [2.75, 3.05) is 26.9 Å². The molecule has 0 spiro atoms. The fraction of sp³-hybridized carbons (Fsp3) is 0.400. The number of rotatable bonds is 5. The molecule has 0 aromatic heterocycles. The van der Waals surface area contributed by atoms with Crippen molar-refractivity contribution < 1.29 is 27.7 Å². The number of fused-ring (bicyclic) bond motifs is 2. The molecule has 7 nitrogen and oxygen atoms in total. The third-order valence-electron chi connectivity index (χ3n) is 5.23. The van der Waals surface area contributed by atoms with Crippen molar-refractivity contribution in [3.63, 3.8) is 0 Å². The predicted molar refractivity (Wildman–Crippen MR) is 102 cm³/mol. The lowest BCUT2D eigenvalue weighted by molar-refractivity contribution is 0.0242. The summed E-state index contributed by atoms with van der Waals surface area (Å²) in [7, 11) is -2.22. The molecule has 2 aromatic carbocycles. The summed E-state index contributed by atoms with van der Waals surface area (Å²) in [6.07, 6.45) is 2.07. The molecular weight excluding hydrogens is 382 g/mol. The molecule has 2 N–H and O–H groups in total. The minimum atomic E-state index is -3.82. The molecular formula is C20H23NO6S. The Morgan fingerprint density at radius 1 is 1.14 bits per heavy atom. The van der Waals surface area contributed by atoms with Gasteiger partial charge in [0.05, 0.1) is 12.0 Å². The maximum Gasteiger partial charge on any atom is 0.240 e. The highest BCUT2D eigenvalue weighted by Crippen LogP contribution is 2.37. The number of nitrogens with one attached hydrogen (secondary N) is 1. The van der Waals surface area contributed by atoms with Crippen LogP contribution in [0.1, 0.15) is 24.0 Å². The molecule has 1 aliphatic carbocycles. The van der Waals surface area contributed by atoms with Gasteiger partial charge in [0.1, 0.15) is 24.6 Å². The summed E-state index contributed by atoms with van der Waals surface area (Å²) in [5, 5.41) is 11.2. The van der Waals surface area contributed by atoms with Gasteiger partial charge in [-0.15, -0.1) is 0 Å². The second kappa shape index (κ2) is 7.27. The molecule has 150 valence electrons. The van der Waals surface area contributed by atoms with Crippen LogP contribution in [-0.4, -0.2) is 40.4 Å². The Kier molecular flexibility index (Phi) is 4.95. The largest absolute Gasteiger partial charge is 0.497 e. The molecule has 2 aromatic rings. The lowest BCUT2D eigenvalue weighted by atomic mass is 9.79. The number of ether oxygens (including phenoxy) is 3. The fourth-order valence-electron chi connectivity index (χ4n) is 3.74. The van der Waals surface area contributed by atoms with E-state index >= 15 is 0 Å². The van der Waals surface area contributed by atoms with Crippen LogP contribution in [0.25, 0.3) is 0 Å². The molecule has 1 aliphatic heterocycles. The molecule has 2 aliphatic rings. The van der Waals surface area contributed by atoms with Gasteiger partial charge >= 0.3 is 0 Å². The summed E-state index contributed by atoms with van der Waals surface area (Å²) < 4.78 is 44.3. The third kappa shape index (κ3) is 3.55. The second-order valence-electron chi connectivity index (χ2n) is 7.04. The van der Waals surface area contributed by atoms with Gasteiger partial charge in [-0.1, -0.05) is 6.07 Å². The van der Waals surface area contributed by atoms with Gasteiger partial charge in [0.15, 0.2) is 11.5 Å². The van der Waals surface area contributed by atoms with Crippen LogP contribution in [0.4, 0.5) is 0 Å². The van der Waals surface area contributed by atoms with Crippen LogP contribution in [0.15, 0.2) is 41.3 Å². The highest BCUT2D eigenvalue weighted by atomic mass is 32.2. The van der Waals surface area contributed by atoms with Crippen LogP contribution < -0.4 is 18.9 Å². The molecule has 28 heavy (non-hydrogen) atoms. The van der Waals surface area contributed by atoms with E-state index in [0.29, 0.717) is 31.1 Å². The van der Waals surface area contributed by atoms with Gasteiger partial charge in [0.2, 0.25) is 10.0 Å². The van der Waals surface area contributed by atoms with E-state index in [9.17, 15) is 13.5 Å². The number of hydrogen-bond acceptors (Lipinski definition) is 6. The van der Waals surface area contributed by atoms with Gasteiger partial charge in [0, 0.05) is 12.6 Å². The summed E-state index contributed by atoms with van der Waals surface area (Å²) in [5.41, 5.74) is 0.455. The molecule has 0 bridgehead atoms. The maximum absolute atomic E-state index is 12.8. The van der Waals surface area contributed by atoms with Crippen LogP contribution in [0.2, 0.25) is 0 Å². The molecule has 1 atom stereocenters. The Balaban J connectivity index is 1.55. The molecule has 0 saturated carbocycles. The van der Waals surface area contributed by atoms with Gasteiger partial charge in [0.25, 0.3) is 0 Å². The molecule has 1 unspecified atom stereocenters.